The van der Waals surface area contributed by atoms with E-state index in [1.807, 2.05) is 0 Å². The number of piperidine rings is 2. The first-order valence-electron chi connectivity index (χ1n) is 7.70. The zero-order chi connectivity index (χ0) is 15.7. The topological polar surface area (TPSA) is 97.4 Å². The quantitative estimate of drug-likeness (QED) is 0.831. The van der Waals surface area contributed by atoms with Gasteiger partial charge in [-0.25, -0.2) is 17.5 Å². The Balaban J connectivity index is 1.70. The molecule has 1 aromatic rings. The molecule has 3 rings (SSSR count). The largest absolute Gasteiger partial charge is 0.437 e. The van der Waals surface area contributed by atoms with E-state index in [4.69, 9.17) is 4.42 Å². The van der Waals surface area contributed by atoms with Crippen LogP contribution in [0.4, 0.5) is 0 Å². The number of aromatic nitrogens is 2. The summed E-state index contributed by atoms with van der Waals surface area (Å²) < 4.78 is 31.3. The van der Waals surface area contributed by atoms with E-state index >= 15 is 0 Å². The standard InChI is InChI=1S/C13H22N4O4S/c1-22(19,20)16-8-4-10(5-9-16)12-15-17(13(18)21-12)11-2-6-14-7-3-11/h10-11,14H,2-9H2,1H3. The van der Waals surface area contributed by atoms with Crippen LogP contribution in [0.25, 0.3) is 0 Å². The molecule has 2 saturated heterocycles. The summed E-state index contributed by atoms with van der Waals surface area (Å²) in [5, 5.41) is 7.64. The molecule has 0 aliphatic carbocycles. The molecular formula is C13H22N4O4S. The highest BCUT2D eigenvalue weighted by molar-refractivity contribution is 7.88. The Labute approximate surface area is 129 Å². The number of nitrogens with one attached hydrogen (secondary N) is 1. The minimum atomic E-state index is -3.14. The van der Waals surface area contributed by atoms with Crippen LogP contribution in [0.2, 0.25) is 0 Å². The maximum Gasteiger partial charge on any atom is 0.437 e. The van der Waals surface area contributed by atoms with E-state index in [9.17, 15) is 13.2 Å². The second-order valence-corrected chi connectivity index (χ2v) is 8.05. The van der Waals surface area contributed by atoms with Gasteiger partial charge in [-0.15, -0.1) is 5.10 Å². The lowest BCUT2D eigenvalue weighted by molar-refractivity contribution is 0.288. The molecule has 1 aromatic heterocycles. The van der Waals surface area contributed by atoms with Gasteiger partial charge in [-0.3, -0.25) is 0 Å². The van der Waals surface area contributed by atoms with Crippen molar-refractivity contribution in [1.29, 1.82) is 0 Å². The van der Waals surface area contributed by atoms with E-state index in [0.717, 1.165) is 25.9 Å². The molecule has 2 fully saturated rings. The normalized spacial score (nSPS) is 23.0. The summed E-state index contributed by atoms with van der Waals surface area (Å²) >= 11 is 0. The van der Waals surface area contributed by atoms with Crippen molar-refractivity contribution in [3.63, 3.8) is 0 Å². The van der Waals surface area contributed by atoms with Gasteiger partial charge in [0.25, 0.3) is 0 Å². The molecule has 2 aliphatic heterocycles. The third-order valence-corrected chi connectivity index (χ3v) is 5.82. The Morgan fingerprint density at radius 1 is 1.18 bits per heavy atom. The predicted molar refractivity (Wildman–Crippen MR) is 80.3 cm³/mol. The molecule has 0 amide bonds. The molecule has 2 aliphatic rings. The van der Waals surface area contributed by atoms with Crippen molar-refractivity contribution in [3.8, 4) is 0 Å². The van der Waals surface area contributed by atoms with E-state index in [1.165, 1.54) is 15.2 Å². The summed E-state index contributed by atoms with van der Waals surface area (Å²) in [5.74, 6) is 0.0813. The van der Waals surface area contributed by atoms with Gasteiger partial charge in [-0.2, -0.15) is 4.68 Å². The van der Waals surface area contributed by atoms with Gasteiger partial charge in [0.05, 0.1) is 12.3 Å². The third kappa shape index (κ3) is 3.26. The van der Waals surface area contributed by atoms with Gasteiger partial charge in [0.15, 0.2) is 0 Å². The SMILES string of the molecule is CS(=O)(=O)N1CCC(c2nn(C3CCNCC3)c(=O)o2)CC1. The van der Waals surface area contributed by atoms with Gasteiger partial charge in [-0.05, 0) is 38.8 Å². The van der Waals surface area contributed by atoms with E-state index in [1.54, 1.807) is 0 Å². The van der Waals surface area contributed by atoms with Crippen molar-refractivity contribution in [2.45, 2.75) is 37.6 Å². The highest BCUT2D eigenvalue weighted by atomic mass is 32.2. The Bertz CT molecular complexity index is 666. The van der Waals surface area contributed by atoms with Crippen LogP contribution < -0.4 is 11.1 Å². The van der Waals surface area contributed by atoms with Gasteiger partial charge >= 0.3 is 5.76 Å². The molecule has 3 heterocycles. The van der Waals surface area contributed by atoms with Crippen LogP contribution in [0.1, 0.15) is 43.5 Å². The molecule has 1 N–H and O–H groups in total. The van der Waals surface area contributed by atoms with Crippen molar-refractivity contribution in [2.24, 2.45) is 0 Å². The maximum atomic E-state index is 12.0. The van der Waals surface area contributed by atoms with Gasteiger partial charge < -0.3 is 9.73 Å². The summed E-state index contributed by atoms with van der Waals surface area (Å²) in [6, 6.07) is 0.0994. The second kappa shape index (κ2) is 6.13. The molecule has 0 spiro atoms. The molecule has 9 heteroatoms. The van der Waals surface area contributed by atoms with E-state index in [-0.39, 0.29) is 12.0 Å². The Morgan fingerprint density at radius 2 is 1.82 bits per heavy atom. The molecule has 0 unspecified atom stereocenters. The number of rotatable bonds is 3. The lowest BCUT2D eigenvalue weighted by Crippen LogP contribution is -2.37. The molecule has 0 bridgehead atoms. The van der Waals surface area contributed by atoms with Crippen LogP contribution in [-0.2, 0) is 10.0 Å². The summed E-state index contributed by atoms with van der Waals surface area (Å²) in [7, 11) is -3.14. The Kier molecular flexibility index (Phi) is 4.37. The fourth-order valence-corrected chi connectivity index (χ4v) is 4.06. The first kappa shape index (κ1) is 15.7. The average molecular weight is 330 g/mol. The third-order valence-electron chi connectivity index (χ3n) is 4.51. The van der Waals surface area contributed by atoms with Gasteiger partial charge in [0, 0.05) is 19.0 Å². The maximum absolute atomic E-state index is 12.0. The number of hydrogen-bond acceptors (Lipinski definition) is 6. The van der Waals surface area contributed by atoms with Crippen LogP contribution in [0.15, 0.2) is 9.21 Å². The predicted octanol–water partition coefficient (Wildman–Crippen LogP) is -0.100. The van der Waals surface area contributed by atoms with E-state index in [0.29, 0.717) is 31.8 Å². The minimum Gasteiger partial charge on any atom is -0.392 e. The average Bonchev–Trinajstić information content (AvgIpc) is 2.89. The van der Waals surface area contributed by atoms with Crippen LogP contribution in [0.5, 0.6) is 0 Å². The van der Waals surface area contributed by atoms with E-state index in [2.05, 4.69) is 10.4 Å². The van der Waals surface area contributed by atoms with Crippen molar-refractivity contribution in [2.75, 3.05) is 32.4 Å². The zero-order valence-corrected chi connectivity index (χ0v) is 13.5. The highest BCUT2D eigenvalue weighted by Crippen LogP contribution is 2.27. The molecule has 8 nitrogen and oxygen atoms in total. The molecule has 0 aromatic carbocycles. The first-order chi connectivity index (χ1) is 10.4. The fraction of sp³-hybridized carbons (Fsp3) is 0.846. The first-order valence-corrected chi connectivity index (χ1v) is 9.55. The monoisotopic (exact) mass is 330 g/mol. The summed E-state index contributed by atoms with van der Waals surface area (Å²) in [6.07, 6.45) is 4.24. The molecule has 0 atom stereocenters. The Hall–Kier alpha value is -1.19. The fourth-order valence-electron chi connectivity index (χ4n) is 3.18. The minimum absolute atomic E-state index is 0.0219. The molecule has 22 heavy (non-hydrogen) atoms. The van der Waals surface area contributed by atoms with Crippen molar-refractivity contribution in [1.82, 2.24) is 19.4 Å². The smallest absolute Gasteiger partial charge is 0.392 e. The summed E-state index contributed by atoms with van der Waals surface area (Å²) in [4.78, 5) is 12.0. The van der Waals surface area contributed by atoms with Crippen LogP contribution in [0.3, 0.4) is 0 Å². The molecule has 124 valence electrons. The lowest BCUT2D eigenvalue weighted by atomic mass is 9.98. The number of hydrogen-bond donors (Lipinski definition) is 1. The molecular weight excluding hydrogens is 308 g/mol. The van der Waals surface area contributed by atoms with Crippen molar-refractivity contribution < 1.29 is 12.8 Å². The summed E-state index contributed by atoms with van der Waals surface area (Å²) in [5.41, 5.74) is 0. The van der Waals surface area contributed by atoms with Crippen molar-refractivity contribution in [3.05, 3.63) is 16.4 Å². The van der Waals surface area contributed by atoms with Crippen LogP contribution in [0, 0.1) is 0 Å². The van der Waals surface area contributed by atoms with Crippen LogP contribution in [-0.4, -0.2) is 54.9 Å². The van der Waals surface area contributed by atoms with Gasteiger partial charge in [-0.1, -0.05) is 0 Å². The van der Waals surface area contributed by atoms with Crippen molar-refractivity contribution >= 4 is 10.0 Å². The van der Waals surface area contributed by atoms with Gasteiger partial charge in [0.1, 0.15) is 0 Å². The van der Waals surface area contributed by atoms with Crippen LogP contribution >= 0.6 is 0 Å². The molecule has 0 saturated carbocycles. The molecule has 0 radical (unpaired) electrons. The van der Waals surface area contributed by atoms with E-state index < -0.39 is 15.8 Å². The van der Waals surface area contributed by atoms with Gasteiger partial charge in [0.2, 0.25) is 15.9 Å². The Morgan fingerprint density at radius 3 is 2.41 bits per heavy atom. The summed E-state index contributed by atoms with van der Waals surface area (Å²) in [6.45, 7) is 2.67. The number of nitrogens with zero attached hydrogens (tertiary/aromatic N) is 3. The highest BCUT2D eigenvalue weighted by Gasteiger charge is 2.30. The number of sulfonamides is 1. The second-order valence-electron chi connectivity index (χ2n) is 6.07. The zero-order valence-electron chi connectivity index (χ0n) is 12.7. The lowest BCUT2D eigenvalue weighted by Gasteiger charge is -2.28.